The summed E-state index contributed by atoms with van der Waals surface area (Å²) in [7, 11) is 5.78. The van der Waals surface area contributed by atoms with Gasteiger partial charge in [-0.3, -0.25) is 9.59 Å². The van der Waals surface area contributed by atoms with E-state index < -0.39 is 0 Å². The van der Waals surface area contributed by atoms with Gasteiger partial charge in [0, 0.05) is 26.2 Å². The van der Waals surface area contributed by atoms with Crippen molar-refractivity contribution in [2.45, 2.75) is 25.3 Å². The van der Waals surface area contributed by atoms with Crippen LogP contribution in [0.2, 0.25) is 0 Å². The van der Waals surface area contributed by atoms with E-state index in [4.69, 9.17) is 0 Å². The van der Waals surface area contributed by atoms with Gasteiger partial charge in [0.15, 0.2) is 0 Å². The molecule has 0 N–H and O–H groups in total. The molecule has 0 radical (unpaired) electrons. The predicted molar refractivity (Wildman–Crippen MR) is 113 cm³/mol. The molecule has 6 heteroatoms. The fourth-order valence-electron chi connectivity index (χ4n) is 3.79. The SMILES string of the molecule is CSCC(=O)N1CCC(C(Cc2ccccc2)N(C)C(=O)CN(C)C)CC1. The smallest absolute Gasteiger partial charge is 0.236 e. The van der Waals surface area contributed by atoms with Crippen molar-refractivity contribution in [1.82, 2.24) is 14.7 Å². The Morgan fingerprint density at radius 3 is 2.33 bits per heavy atom. The monoisotopic (exact) mass is 391 g/mol. The zero-order valence-electron chi connectivity index (χ0n) is 17.1. The fraction of sp³-hybridized carbons (Fsp3) is 0.619. The van der Waals surface area contributed by atoms with Gasteiger partial charge in [-0.05, 0) is 51.1 Å². The summed E-state index contributed by atoms with van der Waals surface area (Å²) in [5, 5.41) is 0. The van der Waals surface area contributed by atoms with Gasteiger partial charge >= 0.3 is 0 Å². The van der Waals surface area contributed by atoms with E-state index in [-0.39, 0.29) is 17.9 Å². The molecular formula is C21H33N3O2S. The third kappa shape index (κ3) is 6.54. The Morgan fingerprint density at radius 1 is 1.15 bits per heavy atom. The highest BCUT2D eigenvalue weighted by atomic mass is 32.2. The largest absolute Gasteiger partial charge is 0.342 e. The van der Waals surface area contributed by atoms with Crippen LogP contribution >= 0.6 is 11.8 Å². The maximum atomic E-state index is 12.7. The standard InChI is InChI=1S/C21H33N3O2S/c1-22(2)15-20(25)23(3)19(14-17-8-6-5-7-9-17)18-10-12-24(13-11-18)21(26)16-27-4/h5-9,18-19H,10-16H2,1-4H3. The number of rotatable bonds is 8. The molecule has 0 saturated carbocycles. The lowest BCUT2D eigenvalue weighted by Gasteiger charge is -2.40. The molecule has 1 atom stereocenters. The van der Waals surface area contributed by atoms with E-state index >= 15 is 0 Å². The van der Waals surface area contributed by atoms with Crippen LogP contribution < -0.4 is 0 Å². The molecule has 0 aliphatic carbocycles. The topological polar surface area (TPSA) is 43.9 Å². The lowest BCUT2D eigenvalue weighted by molar-refractivity contribution is -0.135. The van der Waals surface area contributed by atoms with E-state index in [0.29, 0.717) is 18.2 Å². The maximum absolute atomic E-state index is 12.7. The van der Waals surface area contributed by atoms with Crippen LogP contribution in [0.4, 0.5) is 0 Å². The molecule has 1 saturated heterocycles. The third-order valence-electron chi connectivity index (χ3n) is 5.33. The average molecular weight is 392 g/mol. The molecule has 2 rings (SSSR count). The molecule has 1 aromatic rings. The summed E-state index contributed by atoms with van der Waals surface area (Å²) < 4.78 is 0. The van der Waals surface area contributed by atoms with Crippen LogP contribution in [-0.2, 0) is 16.0 Å². The number of hydrogen-bond donors (Lipinski definition) is 0. The van der Waals surface area contributed by atoms with E-state index in [9.17, 15) is 9.59 Å². The van der Waals surface area contributed by atoms with Gasteiger partial charge in [-0.25, -0.2) is 0 Å². The minimum absolute atomic E-state index is 0.154. The lowest BCUT2D eigenvalue weighted by atomic mass is 9.85. The highest BCUT2D eigenvalue weighted by Gasteiger charge is 2.32. The van der Waals surface area contributed by atoms with E-state index in [1.54, 1.807) is 11.8 Å². The zero-order valence-corrected chi connectivity index (χ0v) is 17.9. The highest BCUT2D eigenvalue weighted by Crippen LogP contribution is 2.27. The number of nitrogens with zero attached hydrogens (tertiary/aromatic N) is 3. The van der Waals surface area contributed by atoms with Crippen molar-refractivity contribution >= 4 is 23.6 Å². The minimum atomic E-state index is 0.154. The first-order chi connectivity index (χ1) is 12.9. The summed E-state index contributed by atoms with van der Waals surface area (Å²) in [6.07, 6.45) is 4.74. The molecule has 5 nitrogen and oxygen atoms in total. The van der Waals surface area contributed by atoms with Gasteiger partial charge in [-0.1, -0.05) is 30.3 Å². The van der Waals surface area contributed by atoms with Crippen molar-refractivity contribution in [1.29, 1.82) is 0 Å². The molecule has 27 heavy (non-hydrogen) atoms. The molecular weight excluding hydrogens is 358 g/mol. The Labute approximate surface area is 168 Å². The Bertz CT molecular complexity index is 601. The van der Waals surface area contributed by atoms with Crippen LogP contribution in [0.1, 0.15) is 18.4 Å². The quantitative estimate of drug-likeness (QED) is 0.682. The summed E-state index contributed by atoms with van der Waals surface area (Å²) in [5.41, 5.74) is 1.26. The molecule has 1 aliphatic rings. The molecule has 0 bridgehead atoms. The van der Waals surface area contributed by atoms with Gasteiger partial charge < -0.3 is 14.7 Å². The first-order valence-corrected chi connectivity index (χ1v) is 11.0. The first-order valence-electron chi connectivity index (χ1n) is 9.63. The summed E-state index contributed by atoms with van der Waals surface area (Å²) in [5.74, 6) is 1.36. The molecule has 1 aromatic carbocycles. The van der Waals surface area contributed by atoms with Crippen LogP contribution in [0.25, 0.3) is 0 Å². The average Bonchev–Trinajstić information content (AvgIpc) is 2.66. The summed E-state index contributed by atoms with van der Waals surface area (Å²) in [6, 6.07) is 10.6. The molecule has 1 aliphatic heterocycles. The van der Waals surface area contributed by atoms with Crippen molar-refractivity contribution < 1.29 is 9.59 Å². The van der Waals surface area contributed by atoms with Gasteiger partial charge in [0.25, 0.3) is 0 Å². The number of carbonyl (C=O) groups is 2. The molecule has 0 aromatic heterocycles. The number of carbonyl (C=O) groups excluding carboxylic acids is 2. The number of piperidine rings is 1. The van der Waals surface area contributed by atoms with E-state index in [1.807, 2.05) is 48.2 Å². The fourth-order valence-corrected chi connectivity index (χ4v) is 4.22. The second-order valence-corrected chi connectivity index (χ2v) is 8.52. The zero-order chi connectivity index (χ0) is 19.8. The van der Waals surface area contributed by atoms with Crippen molar-refractivity contribution in [3.63, 3.8) is 0 Å². The van der Waals surface area contributed by atoms with Crippen molar-refractivity contribution in [2.24, 2.45) is 5.92 Å². The third-order valence-corrected chi connectivity index (χ3v) is 5.87. The molecule has 150 valence electrons. The Kier molecular flexibility index (Phi) is 8.64. The summed E-state index contributed by atoms with van der Waals surface area (Å²) in [4.78, 5) is 30.7. The second kappa shape index (κ2) is 10.7. The normalized spacial score (nSPS) is 16.4. The highest BCUT2D eigenvalue weighted by molar-refractivity contribution is 7.99. The maximum Gasteiger partial charge on any atom is 0.236 e. The van der Waals surface area contributed by atoms with E-state index in [1.165, 1.54) is 5.56 Å². The Hall–Kier alpha value is -1.53. The summed E-state index contributed by atoms with van der Waals surface area (Å²) >= 11 is 1.58. The van der Waals surface area contributed by atoms with Crippen LogP contribution in [0.15, 0.2) is 30.3 Å². The molecule has 1 unspecified atom stereocenters. The van der Waals surface area contributed by atoms with Crippen LogP contribution in [0.5, 0.6) is 0 Å². The number of thioether (sulfide) groups is 1. The van der Waals surface area contributed by atoms with Gasteiger partial charge in [0.2, 0.25) is 11.8 Å². The van der Waals surface area contributed by atoms with Crippen molar-refractivity contribution in [3.05, 3.63) is 35.9 Å². The number of likely N-dealkylation sites (tertiary alicyclic amines) is 1. The summed E-state index contributed by atoms with van der Waals surface area (Å²) in [6.45, 7) is 2.02. The number of likely N-dealkylation sites (N-methyl/N-ethyl adjacent to an activating group) is 2. The van der Waals surface area contributed by atoms with Gasteiger partial charge in [-0.2, -0.15) is 11.8 Å². The van der Waals surface area contributed by atoms with Crippen LogP contribution in [-0.4, -0.2) is 85.3 Å². The number of hydrogen-bond acceptors (Lipinski definition) is 4. The number of benzene rings is 1. The Morgan fingerprint density at radius 2 is 1.78 bits per heavy atom. The lowest BCUT2D eigenvalue weighted by Crippen LogP contribution is -2.50. The van der Waals surface area contributed by atoms with Crippen LogP contribution in [0.3, 0.4) is 0 Å². The molecule has 2 amide bonds. The number of amides is 2. The van der Waals surface area contributed by atoms with Crippen LogP contribution in [0, 0.1) is 5.92 Å². The minimum Gasteiger partial charge on any atom is -0.342 e. The second-order valence-electron chi connectivity index (χ2n) is 7.65. The van der Waals surface area contributed by atoms with E-state index in [2.05, 4.69) is 24.3 Å². The van der Waals surface area contributed by atoms with Gasteiger partial charge in [-0.15, -0.1) is 0 Å². The van der Waals surface area contributed by atoms with E-state index in [0.717, 1.165) is 32.4 Å². The molecule has 1 fully saturated rings. The van der Waals surface area contributed by atoms with Crippen molar-refractivity contribution in [2.75, 3.05) is 52.8 Å². The van der Waals surface area contributed by atoms with Gasteiger partial charge in [0.05, 0.1) is 12.3 Å². The molecule has 0 spiro atoms. The Balaban J connectivity index is 2.08. The molecule has 1 heterocycles. The van der Waals surface area contributed by atoms with Gasteiger partial charge in [0.1, 0.15) is 0 Å². The first kappa shape index (κ1) is 21.8. The predicted octanol–water partition coefficient (Wildman–Crippen LogP) is 2.22. The van der Waals surface area contributed by atoms with Crippen molar-refractivity contribution in [3.8, 4) is 0 Å².